The average Bonchev–Trinajstić information content (AvgIpc) is 2.52. The highest BCUT2D eigenvalue weighted by Crippen LogP contribution is 2.22. The minimum Gasteiger partial charge on any atom is -0.207 e. The molecule has 0 aliphatic rings. The molecule has 0 bridgehead atoms. The maximum Gasteiger partial charge on any atom is 0.241 e. The number of hydrogen-bond donors (Lipinski definition) is 1. The first-order valence-electron chi connectivity index (χ1n) is 8.01. The number of allylic oxidation sites excluding steroid dienone is 1. The van der Waals surface area contributed by atoms with Crippen molar-refractivity contribution in [2.24, 2.45) is 5.41 Å². The SMILES string of the molecule is Cc1ccc(S(=O)(=O)NC(/C=C/C(C)(C)C)c2ccccc2)cc1. The molecule has 24 heavy (non-hydrogen) atoms. The molecule has 0 amide bonds. The van der Waals surface area contributed by atoms with E-state index in [2.05, 4.69) is 25.5 Å². The first-order chi connectivity index (χ1) is 11.2. The highest BCUT2D eigenvalue weighted by molar-refractivity contribution is 7.89. The van der Waals surface area contributed by atoms with Crippen molar-refractivity contribution in [1.82, 2.24) is 4.72 Å². The molecule has 128 valence electrons. The maximum atomic E-state index is 12.7. The van der Waals surface area contributed by atoms with Gasteiger partial charge in [0.1, 0.15) is 0 Å². The highest BCUT2D eigenvalue weighted by atomic mass is 32.2. The lowest BCUT2D eigenvalue weighted by Gasteiger charge is -2.19. The normalized spacial score (nSPS) is 14.0. The van der Waals surface area contributed by atoms with Gasteiger partial charge in [0.2, 0.25) is 10.0 Å². The largest absolute Gasteiger partial charge is 0.241 e. The Balaban J connectivity index is 2.34. The van der Waals surface area contributed by atoms with Gasteiger partial charge >= 0.3 is 0 Å². The molecular weight excluding hydrogens is 318 g/mol. The van der Waals surface area contributed by atoms with E-state index in [4.69, 9.17) is 0 Å². The number of nitrogens with one attached hydrogen (secondary N) is 1. The van der Waals surface area contributed by atoms with Crippen molar-refractivity contribution < 1.29 is 8.42 Å². The lowest BCUT2D eigenvalue weighted by molar-refractivity contribution is 0.536. The fraction of sp³-hybridized carbons (Fsp3) is 0.300. The van der Waals surface area contributed by atoms with Crippen LogP contribution in [-0.4, -0.2) is 8.42 Å². The van der Waals surface area contributed by atoms with Crippen molar-refractivity contribution >= 4 is 10.0 Å². The first-order valence-corrected chi connectivity index (χ1v) is 9.49. The smallest absolute Gasteiger partial charge is 0.207 e. The molecule has 1 atom stereocenters. The van der Waals surface area contributed by atoms with Crippen LogP contribution in [0.5, 0.6) is 0 Å². The molecule has 0 aliphatic heterocycles. The van der Waals surface area contributed by atoms with Crippen LogP contribution in [0.2, 0.25) is 0 Å². The molecule has 1 unspecified atom stereocenters. The standard InChI is InChI=1S/C20H25NO2S/c1-16-10-12-18(13-11-16)24(22,23)21-19(14-15-20(2,3)4)17-8-6-5-7-9-17/h5-15,19,21H,1-4H3/b15-14+. The molecule has 0 radical (unpaired) electrons. The van der Waals surface area contributed by atoms with Crippen LogP contribution in [0, 0.1) is 12.3 Å². The van der Waals surface area contributed by atoms with Crippen LogP contribution in [0.3, 0.4) is 0 Å². The Morgan fingerprint density at radius 2 is 1.54 bits per heavy atom. The zero-order valence-corrected chi connectivity index (χ0v) is 15.5. The summed E-state index contributed by atoms with van der Waals surface area (Å²) < 4.78 is 28.2. The zero-order valence-electron chi connectivity index (χ0n) is 14.7. The molecule has 3 nitrogen and oxygen atoms in total. The van der Waals surface area contributed by atoms with Crippen LogP contribution in [0.1, 0.15) is 37.9 Å². The summed E-state index contributed by atoms with van der Waals surface area (Å²) in [5, 5.41) is 0. The van der Waals surface area contributed by atoms with Gasteiger partial charge in [-0.3, -0.25) is 0 Å². The molecule has 0 spiro atoms. The fourth-order valence-electron chi connectivity index (χ4n) is 2.22. The van der Waals surface area contributed by atoms with E-state index in [-0.39, 0.29) is 10.3 Å². The molecule has 2 rings (SSSR count). The van der Waals surface area contributed by atoms with Crippen molar-refractivity contribution in [1.29, 1.82) is 0 Å². The van der Waals surface area contributed by atoms with E-state index in [0.29, 0.717) is 0 Å². The summed E-state index contributed by atoms with van der Waals surface area (Å²) in [6, 6.07) is 16.1. The quantitative estimate of drug-likeness (QED) is 0.805. The van der Waals surface area contributed by atoms with Crippen LogP contribution >= 0.6 is 0 Å². The second-order valence-corrected chi connectivity index (χ2v) is 8.76. The van der Waals surface area contributed by atoms with Gasteiger partial charge in [0, 0.05) is 0 Å². The van der Waals surface area contributed by atoms with E-state index in [1.165, 1.54) is 0 Å². The van der Waals surface area contributed by atoms with Crippen LogP contribution in [0.25, 0.3) is 0 Å². The van der Waals surface area contributed by atoms with Crippen LogP contribution in [-0.2, 0) is 10.0 Å². The Kier molecular flexibility index (Phi) is 5.62. The van der Waals surface area contributed by atoms with E-state index < -0.39 is 16.1 Å². The molecule has 4 heteroatoms. The maximum absolute atomic E-state index is 12.7. The molecular formula is C20H25NO2S. The predicted molar refractivity (Wildman–Crippen MR) is 99.3 cm³/mol. The van der Waals surface area contributed by atoms with Crippen LogP contribution in [0.4, 0.5) is 0 Å². The van der Waals surface area contributed by atoms with Crippen LogP contribution < -0.4 is 4.72 Å². The van der Waals surface area contributed by atoms with E-state index in [1.54, 1.807) is 24.3 Å². The third kappa shape index (κ3) is 5.32. The van der Waals surface area contributed by atoms with Crippen molar-refractivity contribution in [3.8, 4) is 0 Å². The van der Waals surface area contributed by atoms with Gasteiger partial charge in [-0.15, -0.1) is 0 Å². The molecule has 0 saturated carbocycles. The molecule has 0 aliphatic carbocycles. The average molecular weight is 343 g/mol. The first kappa shape index (κ1) is 18.4. The van der Waals surface area contributed by atoms with E-state index >= 15 is 0 Å². The van der Waals surface area contributed by atoms with Crippen molar-refractivity contribution in [2.75, 3.05) is 0 Å². The van der Waals surface area contributed by atoms with Gasteiger partial charge in [-0.05, 0) is 30.0 Å². The predicted octanol–water partition coefficient (Wildman–Crippen LogP) is 4.62. The molecule has 1 N–H and O–H groups in total. The van der Waals surface area contributed by atoms with Gasteiger partial charge in [0.05, 0.1) is 10.9 Å². The number of aryl methyl sites for hydroxylation is 1. The zero-order chi connectivity index (χ0) is 17.8. The summed E-state index contributed by atoms with van der Waals surface area (Å²) in [5.74, 6) is 0. The molecule has 0 aromatic heterocycles. The molecule has 0 saturated heterocycles. The number of rotatable bonds is 5. The van der Waals surface area contributed by atoms with E-state index in [1.807, 2.05) is 49.4 Å². The topological polar surface area (TPSA) is 46.2 Å². The van der Waals surface area contributed by atoms with Gasteiger partial charge in [0.15, 0.2) is 0 Å². The summed E-state index contributed by atoms with van der Waals surface area (Å²) in [7, 11) is -3.59. The third-order valence-electron chi connectivity index (χ3n) is 3.56. The molecule has 0 fully saturated rings. The monoisotopic (exact) mass is 343 g/mol. The van der Waals surface area contributed by atoms with Crippen molar-refractivity contribution in [3.63, 3.8) is 0 Å². The summed E-state index contributed by atoms with van der Waals surface area (Å²) in [6.07, 6.45) is 3.95. The van der Waals surface area contributed by atoms with Crippen LogP contribution in [0.15, 0.2) is 71.6 Å². The Morgan fingerprint density at radius 1 is 0.958 bits per heavy atom. The minimum atomic E-state index is -3.59. The summed E-state index contributed by atoms with van der Waals surface area (Å²) in [5.41, 5.74) is 1.91. The van der Waals surface area contributed by atoms with Gasteiger partial charge in [-0.25, -0.2) is 8.42 Å². The second-order valence-electron chi connectivity index (χ2n) is 7.05. The molecule has 2 aromatic rings. The summed E-state index contributed by atoms with van der Waals surface area (Å²) in [6.45, 7) is 8.18. The molecule has 2 aromatic carbocycles. The van der Waals surface area contributed by atoms with Crippen molar-refractivity contribution in [3.05, 3.63) is 77.9 Å². The van der Waals surface area contributed by atoms with Gasteiger partial charge in [0.25, 0.3) is 0 Å². The lowest BCUT2D eigenvalue weighted by Crippen LogP contribution is -2.27. The van der Waals surface area contributed by atoms with Gasteiger partial charge in [-0.1, -0.05) is 81.0 Å². The number of sulfonamides is 1. The van der Waals surface area contributed by atoms with Gasteiger partial charge in [-0.2, -0.15) is 4.72 Å². The Bertz CT molecular complexity index is 786. The van der Waals surface area contributed by atoms with Crippen molar-refractivity contribution in [2.45, 2.75) is 38.6 Å². The summed E-state index contributed by atoms with van der Waals surface area (Å²) >= 11 is 0. The second kappa shape index (κ2) is 7.32. The Morgan fingerprint density at radius 3 is 2.08 bits per heavy atom. The van der Waals surface area contributed by atoms with E-state index in [0.717, 1.165) is 11.1 Å². The van der Waals surface area contributed by atoms with E-state index in [9.17, 15) is 8.42 Å². The Labute approximate surface area is 145 Å². The number of hydrogen-bond acceptors (Lipinski definition) is 2. The Hall–Kier alpha value is -1.91. The molecule has 0 heterocycles. The fourth-order valence-corrected chi connectivity index (χ4v) is 3.40. The third-order valence-corrected chi connectivity index (χ3v) is 5.02. The lowest BCUT2D eigenvalue weighted by atomic mass is 9.94. The van der Waals surface area contributed by atoms with Gasteiger partial charge < -0.3 is 0 Å². The number of benzene rings is 2. The highest BCUT2D eigenvalue weighted by Gasteiger charge is 2.20. The summed E-state index contributed by atoms with van der Waals surface area (Å²) in [4.78, 5) is 0.276. The minimum absolute atomic E-state index is 0.0255.